The Labute approximate surface area is 98.6 Å². The van der Waals surface area contributed by atoms with Crippen LogP contribution in [0.15, 0.2) is 18.9 Å². The van der Waals surface area contributed by atoms with E-state index in [0.29, 0.717) is 0 Å². The summed E-state index contributed by atoms with van der Waals surface area (Å²) < 4.78 is 1.96. The molecular weight excluding hydrogens is 198 g/mol. The molecule has 90 valence electrons. The van der Waals surface area contributed by atoms with Crippen LogP contribution in [0.1, 0.15) is 46.7 Å². The number of aromatic nitrogens is 3. The molecule has 0 aliphatic rings. The van der Waals surface area contributed by atoms with Gasteiger partial charge in [0.05, 0.1) is 11.2 Å². The van der Waals surface area contributed by atoms with Crippen molar-refractivity contribution < 1.29 is 0 Å². The Kier molecular flexibility index (Phi) is 3.56. The van der Waals surface area contributed by atoms with Gasteiger partial charge < -0.3 is 0 Å². The van der Waals surface area contributed by atoms with Crippen LogP contribution in [0.25, 0.3) is 0 Å². The van der Waals surface area contributed by atoms with E-state index in [4.69, 9.17) is 0 Å². The Balaban J connectivity index is 2.84. The Bertz CT molecular complexity index is 361. The van der Waals surface area contributed by atoms with Crippen molar-refractivity contribution in [2.45, 2.75) is 53.0 Å². The highest BCUT2D eigenvalue weighted by Crippen LogP contribution is 2.23. The Hall–Kier alpha value is -1.12. The van der Waals surface area contributed by atoms with E-state index in [1.54, 1.807) is 0 Å². The molecule has 1 rings (SSSR count). The monoisotopic (exact) mass is 221 g/mol. The molecular formula is C13H23N3. The first-order chi connectivity index (χ1) is 7.30. The van der Waals surface area contributed by atoms with Gasteiger partial charge >= 0.3 is 0 Å². The highest BCUT2D eigenvalue weighted by molar-refractivity contribution is 5.03. The molecule has 0 fully saturated rings. The third-order valence-electron chi connectivity index (χ3n) is 3.22. The Morgan fingerprint density at radius 1 is 1.38 bits per heavy atom. The molecule has 1 aromatic rings. The van der Waals surface area contributed by atoms with E-state index < -0.39 is 0 Å². The van der Waals surface area contributed by atoms with Crippen LogP contribution >= 0.6 is 0 Å². The molecule has 3 nitrogen and oxygen atoms in total. The second-order valence-electron chi connectivity index (χ2n) is 5.69. The smallest absolute Gasteiger partial charge is 0.0835 e. The first kappa shape index (κ1) is 12.9. The largest absolute Gasteiger partial charge is 0.247 e. The molecule has 0 bridgehead atoms. The summed E-state index contributed by atoms with van der Waals surface area (Å²) in [5.41, 5.74) is 1.16. The lowest BCUT2D eigenvalue weighted by molar-refractivity contribution is 0.301. The van der Waals surface area contributed by atoms with Crippen LogP contribution in [0.2, 0.25) is 0 Å². The van der Waals surface area contributed by atoms with Gasteiger partial charge in [0, 0.05) is 12.6 Å². The summed E-state index contributed by atoms with van der Waals surface area (Å²) in [5, 5.41) is 8.44. The van der Waals surface area contributed by atoms with E-state index in [9.17, 15) is 0 Å². The summed E-state index contributed by atoms with van der Waals surface area (Å²) >= 11 is 0. The highest BCUT2D eigenvalue weighted by atomic mass is 15.4. The molecule has 0 saturated heterocycles. The van der Waals surface area contributed by atoms with Gasteiger partial charge in [0.1, 0.15) is 0 Å². The summed E-state index contributed by atoms with van der Waals surface area (Å²) in [7, 11) is 0. The third kappa shape index (κ3) is 2.94. The zero-order valence-electron chi connectivity index (χ0n) is 11.1. The normalized spacial score (nSPS) is 12.8. The maximum atomic E-state index is 4.23. The van der Waals surface area contributed by atoms with Gasteiger partial charge in [-0.05, 0) is 25.7 Å². The molecule has 0 aromatic carbocycles. The quantitative estimate of drug-likeness (QED) is 0.715. The average molecular weight is 221 g/mol. The topological polar surface area (TPSA) is 30.7 Å². The molecule has 0 amide bonds. The highest BCUT2D eigenvalue weighted by Gasteiger charge is 2.21. The molecule has 0 unspecified atom stereocenters. The molecule has 0 N–H and O–H groups in total. The molecule has 3 heteroatoms. The average Bonchev–Trinajstić information content (AvgIpc) is 2.66. The van der Waals surface area contributed by atoms with Gasteiger partial charge in [-0.25, -0.2) is 4.68 Å². The minimum absolute atomic E-state index is 0.0452. The van der Waals surface area contributed by atoms with Gasteiger partial charge in [-0.2, -0.15) is 0 Å². The van der Waals surface area contributed by atoms with Crippen LogP contribution in [-0.2, 0) is 12.0 Å². The SMILES string of the molecule is C=CC(C)(C)Cc1cn(C(C)(C)CC)nn1. The zero-order chi connectivity index (χ0) is 12.4. The lowest BCUT2D eigenvalue weighted by Gasteiger charge is -2.22. The molecule has 0 aliphatic carbocycles. The van der Waals surface area contributed by atoms with Crippen LogP contribution in [0, 0.1) is 5.41 Å². The second-order valence-corrected chi connectivity index (χ2v) is 5.69. The molecule has 0 aliphatic heterocycles. The summed E-state index contributed by atoms with van der Waals surface area (Å²) in [6.45, 7) is 14.7. The van der Waals surface area contributed by atoms with Crippen molar-refractivity contribution in [1.29, 1.82) is 0 Å². The van der Waals surface area contributed by atoms with Crippen molar-refractivity contribution in [3.63, 3.8) is 0 Å². The predicted molar refractivity (Wildman–Crippen MR) is 67.3 cm³/mol. The minimum Gasteiger partial charge on any atom is -0.247 e. The first-order valence-corrected chi connectivity index (χ1v) is 5.86. The van der Waals surface area contributed by atoms with Gasteiger partial charge in [0.2, 0.25) is 0 Å². The molecule has 0 spiro atoms. The summed E-state index contributed by atoms with van der Waals surface area (Å²) in [6.07, 6.45) is 5.95. The first-order valence-electron chi connectivity index (χ1n) is 5.86. The van der Waals surface area contributed by atoms with Gasteiger partial charge in [-0.15, -0.1) is 11.7 Å². The minimum atomic E-state index is 0.0452. The summed E-state index contributed by atoms with van der Waals surface area (Å²) in [6, 6.07) is 0. The van der Waals surface area contributed by atoms with Gasteiger partial charge in [0.15, 0.2) is 0 Å². The number of allylic oxidation sites excluding steroid dienone is 1. The van der Waals surface area contributed by atoms with Crippen LogP contribution < -0.4 is 0 Å². The van der Waals surface area contributed by atoms with E-state index in [0.717, 1.165) is 18.5 Å². The third-order valence-corrected chi connectivity index (χ3v) is 3.22. The number of hydrogen-bond acceptors (Lipinski definition) is 2. The lowest BCUT2D eigenvalue weighted by atomic mass is 9.88. The van der Waals surface area contributed by atoms with Crippen LogP contribution in [0.3, 0.4) is 0 Å². The van der Waals surface area contributed by atoms with Gasteiger partial charge in [-0.3, -0.25) is 0 Å². The molecule has 0 radical (unpaired) electrons. The fourth-order valence-corrected chi connectivity index (χ4v) is 1.38. The van der Waals surface area contributed by atoms with Crippen molar-refractivity contribution in [3.8, 4) is 0 Å². The van der Waals surface area contributed by atoms with E-state index in [-0.39, 0.29) is 11.0 Å². The lowest BCUT2D eigenvalue weighted by Crippen LogP contribution is -2.25. The van der Waals surface area contributed by atoms with E-state index in [1.165, 1.54) is 0 Å². The number of rotatable bonds is 5. The van der Waals surface area contributed by atoms with Crippen molar-refractivity contribution in [2.24, 2.45) is 5.41 Å². The van der Waals surface area contributed by atoms with Crippen LogP contribution in [-0.4, -0.2) is 15.0 Å². The van der Waals surface area contributed by atoms with Crippen molar-refractivity contribution in [2.75, 3.05) is 0 Å². The molecule has 1 heterocycles. The van der Waals surface area contributed by atoms with Crippen molar-refractivity contribution >= 4 is 0 Å². The zero-order valence-corrected chi connectivity index (χ0v) is 11.1. The fourth-order valence-electron chi connectivity index (χ4n) is 1.38. The van der Waals surface area contributed by atoms with Crippen molar-refractivity contribution in [1.82, 2.24) is 15.0 Å². The van der Waals surface area contributed by atoms with Crippen LogP contribution in [0.4, 0.5) is 0 Å². The van der Waals surface area contributed by atoms with Crippen molar-refractivity contribution in [3.05, 3.63) is 24.5 Å². The van der Waals surface area contributed by atoms with Gasteiger partial charge in [0.25, 0.3) is 0 Å². The molecule has 0 saturated carbocycles. The maximum Gasteiger partial charge on any atom is 0.0835 e. The second kappa shape index (κ2) is 4.40. The standard InChI is InChI=1S/C13H23N3/c1-7-12(3,4)9-11-10-16(15-14-11)13(5,6)8-2/h7,10H,1,8-9H2,2-6H3. The molecule has 1 aromatic heterocycles. The Morgan fingerprint density at radius 3 is 2.50 bits per heavy atom. The summed E-state index contributed by atoms with van der Waals surface area (Å²) in [4.78, 5) is 0. The maximum absolute atomic E-state index is 4.23. The summed E-state index contributed by atoms with van der Waals surface area (Å²) in [5.74, 6) is 0. The Morgan fingerprint density at radius 2 is 2.00 bits per heavy atom. The van der Waals surface area contributed by atoms with Gasteiger partial charge in [-0.1, -0.05) is 32.1 Å². The number of hydrogen-bond donors (Lipinski definition) is 0. The van der Waals surface area contributed by atoms with E-state index >= 15 is 0 Å². The molecule has 0 atom stereocenters. The molecule has 16 heavy (non-hydrogen) atoms. The van der Waals surface area contributed by atoms with E-state index in [1.807, 2.05) is 10.8 Å². The predicted octanol–water partition coefficient (Wildman–Crippen LogP) is 3.18. The van der Waals surface area contributed by atoms with E-state index in [2.05, 4.69) is 57.7 Å². The number of nitrogens with zero attached hydrogens (tertiary/aromatic N) is 3. The fraction of sp³-hybridized carbons (Fsp3) is 0.692. The van der Waals surface area contributed by atoms with Crippen LogP contribution in [0.5, 0.6) is 0 Å².